The van der Waals surface area contributed by atoms with Crippen LogP contribution in [0, 0.1) is 0 Å². The second kappa shape index (κ2) is 6.32. The molecule has 6 heteroatoms. The number of hydrogen-bond acceptors (Lipinski definition) is 3. The summed E-state index contributed by atoms with van der Waals surface area (Å²) >= 11 is 3.27. The summed E-state index contributed by atoms with van der Waals surface area (Å²) in [5.41, 5.74) is 11.7. The third kappa shape index (κ3) is 3.76. The average Bonchev–Trinajstić information content (AvgIpc) is 2.47. The minimum absolute atomic E-state index is 0.0694. The van der Waals surface area contributed by atoms with E-state index in [1.165, 1.54) is 12.1 Å². The molecule has 0 saturated heterocycles. The van der Waals surface area contributed by atoms with Crippen molar-refractivity contribution < 1.29 is 9.59 Å². The fourth-order valence-corrected chi connectivity index (χ4v) is 1.96. The first-order chi connectivity index (χ1) is 9.97. The number of ketones is 2. The summed E-state index contributed by atoms with van der Waals surface area (Å²) in [5, 5.41) is 0. The van der Waals surface area contributed by atoms with Gasteiger partial charge in [0.05, 0.1) is 5.69 Å². The predicted molar refractivity (Wildman–Crippen MR) is 84.7 cm³/mol. The van der Waals surface area contributed by atoms with E-state index in [-0.39, 0.29) is 11.5 Å². The first-order valence-electron chi connectivity index (χ1n) is 6.01. The van der Waals surface area contributed by atoms with E-state index in [0.717, 1.165) is 4.47 Å². The van der Waals surface area contributed by atoms with Gasteiger partial charge in [-0.2, -0.15) is 0 Å². The molecular weight excluding hydrogens is 334 g/mol. The quantitative estimate of drug-likeness (QED) is 0.384. The van der Waals surface area contributed by atoms with Crippen molar-refractivity contribution in [2.45, 2.75) is 0 Å². The normalized spacial score (nSPS) is 9.95. The van der Waals surface area contributed by atoms with Gasteiger partial charge in [0.15, 0.2) is 5.96 Å². The van der Waals surface area contributed by atoms with E-state index in [4.69, 9.17) is 11.5 Å². The lowest BCUT2D eigenvalue weighted by Gasteiger charge is -2.02. The van der Waals surface area contributed by atoms with Gasteiger partial charge in [-0.25, -0.2) is 4.99 Å². The van der Waals surface area contributed by atoms with Crippen LogP contribution in [0.2, 0.25) is 0 Å². The van der Waals surface area contributed by atoms with Crippen LogP contribution in [-0.4, -0.2) is 17.5 Å². The van der Waals surface area contributed by atoms with E-state index in [1.807, 2.05) is 0 Å². The molecule has 0 aliphatic carbocycles. The second-order valence-corrected chi connectivity index (χ2v) is 5.16. The maximum Gasteiger partial charge on any atom is 0.233 e. The van der Waals surface area contributed by atoms with Crippen LogP contribution in [0.4, 0.5) is 5.69 Å². The zero-order valence-corrected chi connectivity index (χ0v) is 12.5. The van der Waals surface area contributed by atoms with Crippen molar-refractivity contribution in [1.29, 1.82) is 0 Å². The zero-order chi connectivity index (χ0) is 15.4. The second-order valence-electron chi connectivity index (χ2n) is 4.25. The molecule has 0 atom stereocenters. The number of nitrogens with zero attached hydrogens (tertiary/aromatic N) is 1. The summed E-state index contributed by atoms with van der Waals surface area (Å²) in [6.45, 7) is 0. The lowest BCUT2D eigenvalue weighted by molar-refractivity contribution is 0.0817. The van der Waals surface area contributed by atoms with Gasteiger partial charge in [0.1, 0.15) is 0 Å². The predicted octanol–water partition coefficient (Wildman–Crippen LogP) is 2.42. The molecule has 0 aliphatic rings. The van der Waals surface area contributed by atoms with E-state index in [1.54, 1.807) is 36.4 Å². The molecule has 106 valence electrons. The molecule has 0 spiro atoms. The number of benzene rings is 2. The van der Waals surface area contributed by atoms with Crippen LogP contribution < -0.4 is 11.5 Å². The fraction of sp³-hybridized carbons (Fsp3) is 0. The summed E-state index contributed by atoms with van der Waals surface area (Å²) < 4.78 is 0.841. The Bertz CT molecular complexity index is 703. The van der Waals surface area contributed by atoms with Crippen molar-refractivity contribution in [2.75, 3.05) is 0 Å². The number of carbonyl (C=O) groups excluding carboxylic acids is 2. The molecule has 0 radical (unpaired) electrons. The van der Waals surface area contributed by atoms with E-state index >= 15 is 0 Å². The third-order valence-corrected chi connectivity index (χ3v) is 3.23. The van der Waals surface area contributed by atoms with Crippen LogP contribution in [0.5, 0.6) is 0 Å². The lowest BCUT2D eigenvalue weighted by Crippen LogP contribution is -2.21. The standard InChI is InChI=1S/C15H12BrN3O2/c16-11-5-1-9(2-6-11)13(20)14(21)10-3-7-12(8-4-10)19-15(17)18/h1-8H,(H4,17,18,19). The molecule has 4 N–H and O–H groups in total. The number of Topliss-reactive ketones (excluding diaryl/α,β-unsaturated/α-hetero) is 2. The van der Waals surface area contributed by atoms with Gasteiger partial charge in [-0.3, -0.25) is 9.59 Å². The van der Waals surface area contributed by atoms with E-state index in [0.29, 0.717) is 11.3 Å². The number of guanidine groups is 1. The van der Waals surface area contributed by atoms with E-state index in [9.17, 15) is 9.59 Å². The topological polar surface area (TPSA) is 98.5 Å². The van der Waals surface area contributed by atoms with Crippen molar-refractivity contribution in [3.8, 4) is 0 Å². The van der Waals surface area contributed by atoms with Gasteiger partial charge in [-0.05, 0) is 48.5 Å². The number of carbonyl (C=O) groups is 2. The van der Waals surface area contributed by atoms with Crippen LogP contribution in [-0.2, 0) is 0 Å². The third-order valence-electron chi connectivity index (χ3n) is 2.70. The zero-order valence-electron chi connectivity index (χ0n) is 10.9. The average molecular weight is 346 g/mol. The van der Waals surface area contributed by atoms with Gasteiger partial charge in [0, 0.05) is 15.6 Å². The van der Waals surface area contributed by atoms with Gasteiger partial charge in [0.2, 0.25) is 11.6 Å². The molecule has 0 amide bonds. The molecule has 0 fully saturated rings. The molecule has 5 nitrogen and oxygen atoms in total. The van der Waals surface area contributed by atoms with Crippen LogP contribution in [0.25, 0.3) is 0 Å². The molecule has 2 aromatic rings. The van der Waals surface area contributed by atoms with Crippen molar-refractivity contribution in [1.82, 2.24) is 0 Å². The molecule has 0 unspecified atom stereocenters. The van der Waals surface area contributed by atoms with Crippen LogP contribution in [0.3, 0.4) is 0 Å². The fourth-order valence-electron chi connectivity index (χ4n) is 1.70. The summed E-state index contributed by atoms with van der Waals surface area (Å²) in [4.78, 5) is 28.0. The Balaban J connectivity index is 2.21. The Kier molecular flexibility index (Phi) is 4.49. The molecule has 2 rings (SSSR count). The Morgan fingerprint density at radius 2 is 1.24 bits per heavy atom. The molecule has 0 aliphatic heterocycles. The number of aliphatic imine (C=N–C) groups is 1. The number of halogens is 1. The molecule has 0 heterocycles. The number of rotatable bonds is 4. The highest BCUT2D eigenvalue weighted by Gasteiger charge is 2.17. The summed E-state index contributed by atoms with van der Waals surface area (Å²) in [6, 6.07) is 12.8. The van der Waals surface area contributed by atoms with Gasteiger partial charge in [-0.1, -0.05) is 15.9 Å². The Morgan fingerprint density at radius 3 is 1.67 bits per heavy atom. The Hall–Kier alpha value is -2.47. The smallest absolute Gasteiger partial charge is 0.233 e. The number of nitrogens with two attached hydrogens (primary N) is 2. The molecule has 21 heavy (non-hydrogen) atoms. The summed E-state index contributed by atoms with van der Waals surface area (Å²) in [5.74, 6) is -1.20. The highest BCUT2D eigenvalue weighted by atomic mass is 79.9. The Labute approximate surface area is 129 Å². The van der Waals surface area contributed by atoms with Crippen LogP contribution in [0.1, 0.15) is 20.7 Å². The van der Waals surface area contributed by atoms with Crippen molar-refractivity contribution in [3.05, 3.63) is 64.1 Å². The molecule has 2 aromatic carbocycles. The largest absolute Gasteiger partial charge is 0.370 e. The van der Waals surface area contributed by atoms with Crippen molar-refractivity contribution >= 4 is 39.1 Å². The van der Waals surface area contributed by atoms with Gasteiger partial charge in [0.25, 0.3) is 0 Å². The first kappa shape index (κ1) is 14.9. The van der Waals surface area contributed by atoms with Gasteiger partial charge < -0.3 is 11.5 Å². The molecule has 0 bridgehead atoms. The number of hydrogen-bond donors (Lipinski definition) is 2. The van der Waals surface area contributed by atoms with Crippen molar-refractivity contribution in [2.24, 2.45) is 16.5 Å². The van der Waals surface area contributed by atoms with Crippen LogP contribution in [0.15, 0.2) is 58.0 Å². The van der Waals surface area contributed by atoms with Gasteiger partial charge >= 0.3 is 0 Å². The molecule has 0 saturated carbocycles. The maximum absolute atomic E-state index is 12.1. The maximum atomic E-state index is 12.1. The first-order valence-corrected chi connectivity index (χ1v) is 6.81. The monoisotopic (exact) mass is 345 g/mol. The van der Waals surface area contributed by atoms with E-state index in [2.05, 4.69) is 20.9 Å². The molecule has 0 aromatic heterocycles. The van der Waals surface area contributed by atoms with Crippen LogP contribution >= 0.6 is 15.9 Å². The summed E-state index contributed by atoms with van der Waals surface area (Å²) in [6.07, 6.45) is 0. The Morgan fingerprint density at radius 1 is 0.810 bits per heavy atom. The SMILES string of the molecule is NC(N)=Nc1ccc(C(=O)C(=O)c2ccc(Br)cc2)cc1. The van der Waals surface area contributed by atoms with Crippen molar-refractivity contribution in [3.63, 3.8) is 0 Å². The highest BCUT2D eigenvalue weighted by molar-refractivity contribution is 9.10. The minimum atomic E-state index is -0.575. The molecular formula is C15H12BrN3O2. The van der Waals surface area contributed by atoms with Gasteiger partial charge in [-0.15, -0.1) is 0 Å². The van der Waals surface area contributed by atoms with E-state index < -0.39 is 11.6 Å². The minimum Gasteiger partial charge on any atom is -0.370 e. The summed E-state index contributed by atoms with van der Waals surface area (Å²) in [7, 11) is 0. The lowest BCUT2D eigenvalue weighted by atomic mass is 10.0. The highest BCUT2D eigenvalue weighted by Crippen LogP contribution is 2.16.